The molecule has 1 aliphatic carbocycles. The number of fused-ring (bicyclic) bond motifs is 1. The summed E-state index contributed by atoms with van der Waals surface area (Å²) < 4.78 is 0. The van der Waals surface area contributed by atoms with Crippen LogP contribution < -0.4 is 11.3 Å². The maximum absolute atomic E-state index is 5.92. The number of hydrogen-bond donors (Lipinski definition) is 2. The van der Waals surface area contributed by atoms with Crippen LogP contribution in [0.15, 0.2) is 48.5 Å². The molecule has 2 nitrogen and oxygen atoms in total. The summed E-state index contributed by atoms with van der Waals surface area (Å²) in [6.45, 7) is 2.22. The van der Waals surface area contributed by atoms with E-state index in [-0.39, 0.29) is 6.04 Å². The van der Waals surface area contributed by atoms with E-state index in [0.717, 1.165) is 12.8 Å². The highest BCUT2D eigenvalue weighted by Gasteiger charge is 2.29. The van der Waals surface area contributed by atoms with E-state index in [2.05, 4.69) is 60.9 Å². The highest BCUT2D eigenvalue weighted by molar-refractivity contribution is 5.39. The molecule has 0 saturated heterocycles. The van der Waals surface area contributed by atoms with E-state index in [4.69, 9.17) is 5.84 Å². The fourth-order valence-corrected chi connectivity index (χ4v) is 3.61. The Kier molecular flexibility index (Phi) is 4.37. The van der Waals surface area contributed by atoms with Crippen LogP contribution in [0, 0.1) is 0 Å². The van der Waals surface area contributed by atoms with E-state index in [1.54, 1.807) is 0 Å². The van der Waals surface area contributed by atoms with Crippen molar-refractivity contribution in [1.29, 1.82) is 0 Å². The number of rotatable bonds is 5. The van der Waals surface area contributed by atoms with Crippen molar-refractivity contribution in [3.63, 3.8) is 0 Å². The Morgan fingerprint density at radius 3 is 2.86 bits per heavy atom. The summed E-state index contributed by atoms with van der Waals surface area (Å²) in [5.41, 5.74) is 8.72. The molecule has 0 bridgehead atoms. The minimum absolute atomic E-state index is 0.199. The minimum atomic E-state index is 0.199. The van der Waals surface area contributed by atoms with Gasteiger partial charge in [-0.1, -0.05) is 61.9 Å². The molecule has 3 rings (SSSR count). The average molecular weight is 280 g/mol. The third-order valence-corrected chi connectivity index (χ3v) is 4.61. The predicted molar refractivity (Wildman–Crippen MR) is 88.0 cm³/mol. The molecule has 2 heteroatoms. The zero-order valence-corrected chi connectivity index (χ0v) is 12.7. The van der Waals surface area contributed by atoms with Gasteiger partial charge in [-0.3, -0.25) is 11.3 Å². The van der Waals surface area contributed by atoms with Gasteiger partial charge in [0.15, 0.2) is 0 Å². The second kappa shape index (κ2) is 6.42. The Labute approximate surface area is 127 Å². The second-order valence-electron chi connectivity index (χ2n) is 5.98. The summed E-state index contributed by atoms with van der Waals surface area (Å²) >= 11 is 0. The summed E-state index contributed by atoms with van der Waals surface area (Å²) in [5.74, 6) is 6.39. The quantitative estimate of drug-likeness (QED) is 0.644. The fraction of sp³-hybridized carbons (Fsp3) is 0.368. The Morgan fingerprint density at radius 1 is 1.19 bits per heavy atom. The van der Waals surface area contributed by atoms with Gasteiger partial charge < -0.3 is 0 Å². The van der Waals surface area contributed by atoms with Gasteiger partial charge in [0.05, 0.1) is 6.04 Å². The molecule has 0 saturated carbocycles. The van der Waals surface area contributed by atoms with E-state index >= 15 is 0 Å². The maximum Gasteiger partial charge on any atom is 0.0528 e. The molecular weight excluding hydrogens is 256 g/mol. The Bertz CT molecular complexity index is 606. The molecule has 2 unspecified atom stereocenters. The molecule has 2 aromatic rings. The molecule has 21 heavy (non-hydrogen) atoms. The molecule has 0 amide bonds. The van der Waals surface area contributed by atoms with Crippen LogP contribution in [0.2, 0.25) is 0 Å². The van der Waals surface area contributed by atoms with Crippen molar-refractivity contribution in [2.45, 2.75) is 44.6 Å². The van der Waals surface area contributed by atoms with Crippen LogP contribution in [0.5, 0.6) is 0 Å². The van der Waals surface area contributed by atoms with Crippen molar-refractivity contribution in [3.05, 3.63) is 70.8 Å². The SMILES string of the molecule is CCCc1cccc(C(NN)C2CCc3ccccc32)c1. The lowest BCUT2D eigenvalue weighted by Gasteiger charge is -2.24. The van der Waals surface area contributed by atoms with Gasteiger partial charge in [-0.05, 0) is 41.5 Å². The monoisotopic (exact) mass is 280 g/mol. The molecule has 0 aliphatic heterocycles. The smallest absolute Gasteiger partial charge is 0.0528 e. The Morgan fingerprint density at radius 2 is 2.05 bits per heavy atom. The molecular formula is C19H24N2. The molecule has 3 N–H and O–H groups in total. The first-order valence-electron chi connectivity index (χ1n) is 7.96. The van der Waals surface area contributed by atoms with Crippen molar-refractivity contribution >= 4 is 0 Å². The van der Waals surface area contributed by atoms with E-state index < -0.39 is 0 Å². The van der Waals surface area contributed by atoms with Crippen molar-refractivity contribution in [2.24, 2.45) is 5.84 Å². The van der Waals surface area contributed by atoms with Crippen molar-refractivity contribution in [2.75, 3.05) is 0 Å². The van der Waals surface area contributed by atoms with E-state index in [1.165, 1.54) is 35.1 Å². The van der Waals surface area contributed by atoms with Crippen LogP contribution >= 0.6 is 0 Å². The van der Waals surface area contributed by atoms with Crippen LogP contribution in [0.4, 0.5) is 0 Å². The van der Waals surface area contributed by atoms with Crippen LogP contribution in [-0.4, -0.2) is 0 Å². The van der Waals surface area contributed by atoms with Crippen LogP contribution in [0.25, 0.3) is 0 Å². The first-order valence-corrected chi connectivity index (χ1v) is 7.96. The fourth-order valence-electron chi connectivity index (χ4n) is 3.61. The molecule has 0 spiro atoms. The van der Waals surface area contributed by atoms with E-state index in [9.17, 15) is 0 Å². The number of hydrogen-bond acceptors (Lipinski definition) is 2. The van der Waals surface area contributed by atoms with E-state index in [1.807, 2.05) is 0 Å². The molecule has 1 aliphatic rings. The van der Waals surface area contributed by atoms with Crippen molar-refractivity contribution in [1.82, 2.24) is 5.43 Å². The Hall–Kier alpha value is -1.64. The molecule has 0 radical (unpaired) electrons. The number of nitrogens with two attached hydrogens (primary N) is 1. The van der Waals surface area contributed by atoms with Gasteiger partial charge in [0, 0.05) is 5.92 Å². The van der Waals surface area contributed by atoms with Crippen LogP contribution in [0.3, 0.4) is 0 Å². The zero-order valence-electron chi connectivity index (χ0n) is 12.7. The lowest BCUT2D eigenvalue weighted by Crippen LogP contribution is -2.32. The normalized spacial score (nSPS) is 18.5. The van der Waals surface area contributed by atoms with Gasteiger partial charge in [-0.25, -0.2) is 0 Å². The first kappa shape index (κ1) is 14.3. The molecule has 0 fully saturated rings. The molecule has 2 atom stereocenters. The molecule has 110 valence electrons. The molecule has 0 aromatic heterocycles. The van der Waals surface area contributed by atoms with Crippen LogP contribution in [-0.2, 0) is 12.8 Å². The van der Waals surface area contributed by atoms with Gasteiger partial charge >= 0.3 is 0 Å². The van der Waals surface area contributed by atoms with Gasteiger partial charge in [0.25, 0.3) is 0 Å². The molecule has 0 heterocycles. The van der Waals surface area contributed by atoms with Gasteiger partial charge in [-0.2, -0.15) is 0 Å². The summed E-state index contributed by atoms with van der Waals surface area (Å²) in [5, 5.41) is 0. The third-order valence-electron chi connectivity index (χ3n) is 4.61. The lowest BCUT2D eigenvalue weighted by molar-refractivity contribution is 0.452. The topological polar surface area (TPSA) is 38.0 Å². The van der Waals surface area contributed by atoms with E-state index in [0.29, 0.717) is 5.92 Å². The maximum atomic E-state index is 5.92. The van der Waals surface area contributed by atoms with Gasteiger partial charge in [-0.15, -0.1) is 0 Å². The highest BCUT2D eigenvalue weighted by atomic mass is 15.2. The van der Waals surface area contributed by atoms with Gasteiger partial charge in [0.2, 0.25) is 0 Å². The third kappa shape index (κ3) is 2.87. The minimum Gasteiger partial charge on any atom is -0.271 e. The summed E-state index contributed by atoms with van der Waals surface area (Å²) in [6.07, 6.45) is 4.64. The number of nitrogens with one attached hydrogen (secondary N) is 1. The molecule has 2 aromatic carbocycles. The number of aryl methyl sites for hydroxylation is 2. The second-order valence-corrected chi connectivity index (χ2v) is 5.98. The first-order chi connectivity index (χ1) is 10.3. The van der Waals surface area contributed by atoms with Crippen LogP contribution in [0.1, 0.15) is 54.0 Å². The highest BCUT2D eigenvalue weighted by Crippen LogP contribution is 2.41. The summed E-state index contributed by atoms with van der Waals surface area (Å²) in [7, 11) is 0. The summed E-state index contributed by atoms with van der Waals surface area (Å²) in [6, 6.07) is 17.9. The standard InChI is InChI=1S/C19H24N2/c1-2-6-14-7-5-9-16(13-14)19(21-20)18-12-11-15-8-3-4-10-17(15)18/h3-5,7-10,13,18-19,21H,2,6,11-12,20H2,1H3. The lowest BCUT2D eigenvalue weighted by atomic mass is 9.88. The van der Waals surface area contributed by atoms with Gasteiger partial charge in [0.1, 0.15) is 0 Å². The number of hydrazine groups is 1. The van der Waals surface area contributed by atoms with Crippen molar-refractivity contribution in [3.8, 4) is 0 Å². The number of benzene rings is 2. The average Bonchev–Trinajstić information content (AvgIpc) is 2.93. The Balaban J connectivity index is 1.91. The zero-order chi connectivity index (χ0) is 14.7. The predicted octanol–water partition coefficient (Wildman–Crippen LogP) is 3.87. The summed E-state index contributed by atoms with van der Waals surface area (Å²) in [4.78, 5) is 0. The largest absolute Gasteiger partial charge is 0.271 e. The van der Waals surface area contributed by atoms with Crippen molar-refractivity contribution < 1.29 is 0 Å².